The molecule has 1 aliphatic heterocycles. The molecule has 2 aromatic carbocycles. The van der Waals surface area contributed by atoms with Crippen LogP contribution in [0.1, 0.15) is 52.0 Å². The Morgan fingerprint density at radius 3 is 2.46 bits per heavy atom. The summed E-state index contributed by atoms with van der Waals surface area (Å²) in [6.07, 6.45) is 1.55. The normalized spacial score (nSPS) is 14.9. The van der Waals surface area contributed by atoms with E-state index in [0.717, 1.165) is 27.5 Å². The van der Waals surface area contributed by atoms with E-state index in [-0.39, 0.29) is 35.6 Å². The maximum Gasteiger partial charge on any atom is 0.272 e. The Morgan fingerprint density at radius 1 is 1.18 bits per heavy atom. The number of Topliss-reactive ketones (excluding diaryl/α,β-unsaturated/α-hetero) is 1. The van der Waals surface area contributed by atoms with Gasteiger partial charge in [0.25, 0.3) is 11.5 Å². The molecule has 1 aromatic heterocycles. The summed E-state index contributed by atoms with van der Waals surface area (Å²) in [5.74, 6) is -0.651. The van der Waals surface area contributed by atoms with Crippen molar-refractivity contribution >= 4 is 46.1 Å². The van der Waals surface area contributed by atoms with Crippen molar-refractivity contribution in [3.63, 3.8) is 0 Å². The highest BCUT2D eigenvalue weighted by Crippen LogP contribution is 2.34. The highest BCUT2D eigenvalue weighted by Gasteiger charge is 2.33. The summed E-state index contributed by atoms with van der Waals surface area (Å²) in [4.78, 5) is 41.3. The second kappa shape index (κ2) is 11.7. The maximum atomic E-state index is 13.4. The number of aromatic nitrogens is 1. The molecule has 0 spiro atoms. The molecule has 1 atom stereocenters. The Bertz CT molecular complexity index is 1590. The van der Waals surface area contributed by atoms with Crippen LogP contribution >= 0.6 is 24.0 Å². The molecule has 8 nitrogen and oxygen atoms in total. The third-order valence-corrected chi connectivity index (χ3v) is 7.92. The fourth-order valence-corrected chi connectivity index (χ4v) is 5.69. The first kappa shape index (κ1) is 27.8. The molecule has 10 heteroatoms. The highest BCUT2D eigenvalue weighted by atomic mass is 32.2. The molecule has 2 heterocycles. The molecular weight excluding hydrogens is 534 g/mol. The molecule has 0 saturated carbocycles. The zero-order valence-corrected chi connectivity index (χ0v) is 23.1. The number of ether oxygens (including phenoxy) is 1. The number of pyridine rings is 1. The van der Waals surface area contributed by atoms with Crippen molar-refractivity contribution in [3.8, 4) is 17.7 Å². The topological polar surface area (TPSA) is 113 Å². The number of carbonyl (C=O) groups is 2. The summed E-state index contributed by atoms with van der Waals surface area (Å²) in [5, 5.41) is 20.8. The van der Waals surface area contributed by atoms with Gasteiger partial charge in [-0.1, -0.05) is 66.4 Å². The Balaban J connectivity index is 1.59. The summed E-state index contributed by atoms with van der Waals surface area (Å²) in [6.45, 7) is 3.15. The number of benzene rings is 2. The molecule has 1 unspecified atom stereocenters. The monoisotopic (exact) mass is 559 g/mol. The van der Waals surface area contributed by atoms with E-state index in [4.69, 9.17) is 17.0 Å². The van der Waals surface area contributed by atoms with E-state index >= 15 is 0 Å². The molecule has 1 fully saturated rings. The summed E-state index contributed by atoms with van der Waals surface area (Å²) >= 11 is 6.54. The van der Waals surface area contributed by atoms with Gasteiger partial charge in [0.05, 0.1) is 23.6 Å². The standard InChI is InChI=1S/C29H25N3O5S2/c1-17-22(16-30)26(34)32(18(2)20-7-5-4-6-8-20)28(36)25(17)23(33)13-14-31-27(35)24(39-29(31)38)15-19-9-11-21(37-3)12-10-19/h4-12,15,18,36H,13-14H2,1-3H3/b24-15-. The van der Waals surface area contributed by atoms with Crippen molar-refractivity contribution in [2.75, 3.05) is 13.7 Å². The zero-order chi connectivity index (χ0) is 28.3. The van der Waals surface area contributed by atoms with Crippen LogP contribution < -0.4 is 10.3 Å². The number of aromatic hydroxyl groups is 1. The molecule has 1 N–H and O–H groups in total. The number of hydrogen-bond donors (Lipinski definition) is 1. The molecule has 1 saturated heterocycles. The molecule has 1 aliphatic rings. The van der Waals surface area contributed by atoms with Crippen molar-refractivity contribution in [1.29, 1.82) is 5.26 Å². The van der Waals surface area contributed by atoms with Crippen LogP contribution in [0.15, 0.2) is 64.3 Å². The Kier molecular flexibility index (Phi) is 8.33. The molecule has 0 aliphatic carbocycles. The van der Waals surface area contributed by atoms with E-state index < -0.39 is 23.3 Å². The molecule has 1 amide bonds. The number of nitriles is 1. The van der Waals surface area contributed by atoms with E-state index in [1.54, 1.807) is 56.5 Å². The van der Waals surface area contributed by atoms with Gasteiger partial charge in [-0.05, 0) is 48.7 Å². The van der Waals surface area contributed by atoms with E-state index in [0.29, 0.717) is 15.0 Å². The zero-order valence-electron chi connectivity index (χ0n) is 21.5. The van der Waals surface area contributed by atoms with Crippen molar-refractivity contribution in [2.24, 2.45) is 0 Å². The van der Waals surface area contributed by atoms with Gasteiger partial charge in [-0.2, -0.15) is 5.26 Å². The van der Waals surface area contributed by atoms with Crippen molar-refractivity contribution in [1.82, 2.24) is 9.47 Å². The first-order chi connectivity index (χ1) is 18.7. The number of rotatable bonds is 8. The van der Waals surface area contributed by atoms with Crippen LogP contribution in [0, 0.1) is 18.3 Å². The SMILES string of the molecule is COc1ccc(/C=C2\SC(=S)N(CCC(=O)c3c(C)c(C#N)c(=O)n(C(C)c4ccccc4)c3O)C2=O)cc1. The second-order valence-electron chi connectivity index (χ2n) is 8.85. The van der Waals surface area contributed by atoms with Gasteiger partial charge in [-0.25, -0.2) is 0 Å². The number of hydrogen-bond acceptors (Lipinski definition) is 8. The van der Waals surface area contributed by atoms with Gasteiger partial charge < -0.3 is 9.84 Å². The number of amides is 1. The smallest absolute Gasteiger partial charge is 0.272 e. The van der Waals surface area contributed by atoms with Crippen LogP contribution in [0.2, 0.25) is 0 Å². The fraction of sp³-hybridized carbons (Fsp3) is 0.207. The van der Waals surface area contributed by atoms with Gasteiger partial charge in [-0.15, -0.1) is 0 Å². The lowest BCUT2D eigenvalue weighted by Gasteiger charge is -2.21. The number of nitrogens with zero attached hydrogens (tertiary/aromatic N) is 3. The molecule has 3 aromatic rings. The number of ketones is 1. The Hall–Kier alpha value is -4.20. The van der Waals surface area contributed by atoms with Crippen molar-refractivity contribution < 1.29 is 19.4 Å². The lowest BCUT2D eigenvalue weighted by Crippen LogP contribution is -2.32. The largest absolute Gasteiger partial charge is 0.497 e. The second-order valence-corrected chi connectivity index (χ2v) is 10.5. The van der Waals surface area contributed by atoms with Crippen LogP contribution in [0.4, 0.5) is 0 Å². The Morgan fingerprint density at radius 2 is 1.85 bits per heavy atom. The average molecular weight is 560 g/mol. The van der Waals surface area contributed by atoms with Crippen molar-refractivity contribution in [3.05, 3.63) is 97.7 Å². The van der Waals surface area contributed by atoms with Gasteiger partial charge in [0.2, 0.25) is 5.88 Å². The van der Waals surface area contributed by atoms with Gasteiger partial charge >= 0.3 is 0 Å². The van der Waals surface area contributed by atoms with Crippen molar-refractivity contribution in [2.45, 2.75) is 26.3 Å². The number of thioether (sulfide) groups is 1. The lowest BCUT2D eigenvalue weighted by molar-refractivity contribution is -0.122. The van der Waals surface area contributed by atoms with Crippen LogP contribution in [0.5, 0.6) is 11.6 Å². The highest BCUT2D eigenvalue weighted by molar-refractivity contribution is 8.26. The maximum absolute atomic E-state index is 13.4. The molecule has 39 heavy (non-hydrogen) atoms. The molecule has 0 radical (unpaired) electrons. The van der Waals surface area contributed by atoms with E-state index in [1.165, 1.54) is 11.8 Å². The summed E-state index contributed by atoms with van der Waals surface area (Å²) in [7, 11) is 1.57. The van der Waals surface area contributed by atoms with Crippen LogP contribution in [0.25, 0.3) is 6.08 Å². The predicted octanol–water partition coefficient (Wildman–Crippen LogP) is 4.83. The summed E-state index contributed by atoms with van der Waals surface area (Å²) in [5.41, 5.74) is 0.612. The van der Waals surface area contributed by atoms with Gasteiger partial charge in [0.1, 0.15) is 21.7 Å². The molecular formula is C29H25N3O5S2. The van der Waals surface area contributed by atoms with Gasteiger partial charge in [0.15, 0.2) is 5.78 Å². The van der Waals surface area contributed by atoms with Gasteiger partial charge in [-0.3, -0.25) is 23.9 Å². The average Bonchev–Trinajstić information content (AvgIpc) is 3.19. The van der Waals surface area contributed by atoms with E-state index in [1.807, 2.05) is 24.3 Å². The van der Waals surface area contributed by atoms with Gasteiger partial charge in [0, 0.05) is 13.0 Å². The number of methoxy groups -OCH3 is 1. The predicted molar refractivity (Wildman–Crippen MR) is 154 cm³/mol. The van der Waals surface area contributed by atoms with Crippen LogP contribution in [-0.4, -0.2) is 44.2 Å². The molecule has 198 valence electrons. The quantitative estimate of drug-likeness (QED) is 0.237. The number of thiocarbonyl (C=S) groups is 1. The number of carbonyl (C=O) groups excluding carboxylic acids is 2. The fourth-order valence-electron chi connectivity index (χ4n) is 4.38. The summed E-state index contributed by atoms with van der Waals surface area (Å²) < 4.78 is 6.53. The minimum atomic E-state index is -0.680. The first-order valence-electron chi connectivity index (χ1n) is 12.0. The third-order valence-electron chi connectivity index (χ3n) is 6.54. The van der Waals surface area contributed by atoms with E-state index in [9.17, 15) is 24.8 Å². The minimum Gasteiger partial charge on any atom is -0.497 e. The lowest BCUT2D eigenvalue weighted by atomic mass is 9.98. The molecule has 4 rings (SSSR count). The molecule has 0 bridgehead atoms. The first-order valence-corrected chi connectivity index (χ1v) is 13.3. The summed E-state index contributed by atoms with van der Waals surface area (Å²) in [6, 6.07) is 17.5. The van der Waals surface area contributed by atoms with Crippen LogP contribution in [0.3, 0.4) is 0 Å². The van der Waals surface area contributed by atoms with E-state index in [2.05, 4.69) is 0 Å². The minimum absolute atomic E-state index is 0.0163. The Labute approximate surface area is 235 Å². The third kappa shape index (κ3) is 5.50. The van der Waals surface area contributed by atoms with Crippen LogP contribution in [-0.2, 0) is 4.79 Å².